The van der Waals surface area contributed by atoms with Crippen molar-refractivity contribution >= 4 is 16.1 Å². The Kier molecular flexibility index (Phi) is 6.38. The quantitative estimate of drug-likeness (QED) is 0.713. The number of hydrogen-bond donors (Lipinski definition) is 1. The van der Waals surface area contributed by atoms with E-state index in [0.717, 1.165) is 38.2 Å². The summed E-state index contributed by atoms with van der Waals surface area (Å²) in [5.41, 5.74) is 2.13. The number of aliphatic hydroxyl groups excluding tert-OH is 1. The number of allylic oxidation sites excluding steroid dienone is 1. The van der Waals surface area contributed by atoms with E-state index in [1.165, 1.54) is 5.56 Å². The van der Waals surface area contributed by atoms with E-state index in [0.29, 0.717) is 19.0 Å². The lowest BCUT2D eigenvalue weighted by Gasteiger charge is -2.71. The van der Waals surface area contributed by atoms with Gasteiger partial charge in [-0.15, -0.1) is 0 Å². The first-order valence-corrected chi connectivity index (χ1v) is 12.7. The molecule has 1 spiro atoms. The third kappa shape index (κ3) is 3.75. The van der Waals surface area contributed by atoms with Crippen LogP contribution in [0.5, 0.6) is 0 Å². The predicted octanol–water partition coefficient (Wildman–Crippen LogP) is 2.31. The van der Waals surface area contributed by atoms with Gasteiger partial charge in [-0.3, -0.25) is 4.90 Å². The van der Waals surface area contributed by atoms with E-state index in [1.807, 2.05) is 13.0 Å². The van der Waals surface area contributed by atoms with Gasteiger partial charge in [0.25, 0.3) is 0 Å². The average molecular weight is 435 g/mol. The van der Waals surface area contributed by atoms with E-state index in [4.69, 9.17) is 4.74 Å². The number of nitrogens with zero attached hydrogens (tertiary/aromatic N) is 2. The highest BCUT2D eigenvalue weighted by Gasteiger charge is 2.67. The van der Waals surface area contributed by atoms with Crippen molar-refractivity contribution in [1.82, 2.24) is 9.21 Å². The van der Waals surface area contributed by atoms with Crippen molar-refractivity contribution in [3.8, 4) is 0 Å². The Morgan fingerprint density at radius 2 is 1.87 bits per heavy atom. The van der Waals surface area contributed by atoms with Gasteiger partial charge in [-0.1, -0.05) is 36.4 Å². The second kappa shape index (κ2) is 8.71. The topological polar surface area (TPSA) is 70.1 Å². The summed E-state index contributed by atoms with van der Waals surface area (Å²) < 4.78 is 32.0. The second-order valence-corrected chi connectivity index (χ2v) is 11.1. The molecule has 3 fully saturated rings. The zero-order valence-corrected chi connectivity index (χ0v) is 18.9. The SMILES string of the molecule is C/C=C/c1ccc([C@@H]2[C@H](CO)N(CC3CCOCC3)C23CN(S(=O)(=O)CC)C3)cc1. The summed E-state index contributed by atoms with van der Waals surface area (Å²) in [7, 11) is -3.19. The van der Waals surface area contributed by atoms with Crippen molar-refractivity contribution in [2.45, 2.75) is 44.2 Å². The highest BCUT2D eigenvalue weighted by atomic mass is 32.2. The van der Waals surface area contributed by atoms with Gasteiger partial charge in [-0.05, 0) is 43.7 Å². The molecule has 0 aliphatic carbocycles. The maximum Gasteiger partial charge on any atom is 0.213 e. The van der Waals surface area contributed by atoms with Crippen LogP contribution in [-0.4, -0.2) is 79.5 Å². The number of ether oxygens (including phenoxy) is 1. The molecule has 2 atom stereocenters. The first-order chi connectivity index (χ1) is 14.4. The van der Waals surface area contributed by atoms with Crippen LogP contribution >= 0.6 is 0 Å². The molecule has 30 heavy (non-hydrogen) atoms. The van der Waals surface area contributed by atoms with Crippen LogP contribution in [0.25, 0.3) is 6.08 Å². The maximum atomic E-state index is 12.5. The van der Waals surface area contributed by atoms with E-state index in [9.17, 15) is 13.5 Å². The lowest BCUT2D eigenvalue weighted by atomic mass is 9.61. The van der Waals surface area contributed by atoms with Crippen molar-refractivity contribution in [1.29, 1.82) is 0 Å². The molecule has 0 unspecified atom stereocenters. The molecule has 0 saturated carbocycles. The molecule has 1 N–H and O–H groups in total. The van der Waals surface area contributed by atoms with Crippen LogP contribution in [0.3, 0.4) is 0 Å². The molecule has 0 amide bonds. The minimum atomic E-state index is -3.19. The number of sulfonamides is 1. The lowest BCUT2D eigenvalue weighted by Crippen LogP contribution is -2.85. The van der Waals surface area contributed by atoms with E-state index in [-0.39, 0.29) is 29.9 Å². The number of rotatable bonds is 7. The Bertz CT molecular complexity index is 856. The van der Waals surface area contributed by atoms with Crippen molar-refractivity contribution in [2.75, 3.05) is 45.2 Å². The molecule has 3 heterocycles. The molecule has 1 aromatic carbocycles. The van der Waals surface area contributed by atoms with Gasteiger partial charge in [0, 0.05) is 44.8 Å². The van der Waals surface area contributed by atoms with Gasteiger partial charge in [0.15, 0.2) is 0 Å². The standard InChI is InChI=1S/C23H34N2O4S/c1-3-5-18-6-8-20(9-7-18)22-21(15-26)25(14-19-10-12-29-13-11-19)23(22)16-24(17-23)30(27,28)4-2/h3,5-9,19,21-22,26H,4,10-17H2,1-2H3/b5-3+/t21-,22+/m0/s1. The molecule has 166 valence electrons. The fourth-order valence-corrected chi connectivity index (χ4v) is 6.76. The summed E-state index contributed by atoms with van der Waals surface area (Å²) in [5, 5.41) is 10.3. The lowest BCUT2D eigenvalue weighted by molar-refractivity contribution is -0.178. The van der Waals surface area contributed by atoms with Crippen LogP contribution in [-0.2, 0) is 14.8 Å². The Hall–Kier alpha value is -1.25. The predicted molar refractivity (Wildman–Crippen MR) is 119 cm³/mol. The van der Waals surface area contributed by atoms with Gasteiger partial charge >= 0.3 is 0 Å². The monoisotopic (exact) mass is 434 g/mol. The normalized spacial score (nSPS) is 28.0. The molecule has 0 aromatic heterocycles. The summed E-state index contributed by atoms with van der Waals surface area (Å²) in [5.74, 6) is 0.819. The number of hydrogen-bond acceptors (Lipinski definition) is 5. The molecule has 3 saturated heterocycles. The number of likely N-dealkylation sites (tertiary alicyclic amines) is 1. The van der Waals surface area contributed by atoms with Gasteiger partial charge in [0.1, 0.15) is 0 Å². The molecule has 1 aromatic rings. The molecule has 3 aliphatic heterocycles. The van der Waals surface area contributed by atoms with Crippen molar-refractivity contribution < 1.29 is 18.3 Å². The van der Waals surface area contributed by atoms with Crippen molar-refractivity contribution in [2.24, 2.45) is 5.92 Å². The molecule has 3 aliphatic rings. The maximum absolute atomic E-state index is 12.5. The van der Waals surface area contributed by atoms with E-state index in [1.54, 1.807) is 11.2 Å². The summed E-state index contributed by atoms with van der Waals surface area (Å²) in [6.45, 7) is 7.32. The molecule has 4 rings (SSSR count). The first-order valence-electron chi connectivity index (χ1n) is 11.1. The highest BCUT2D eigenvalue weighted by molar-refractivity contribution is 7.89. The highest BCUT2D eigenvalue weighted by Crippen LogP contribution is 2.54. The van der Waals surface area contributed by atoms with Crippen molar-refractivity contribution in [3.63, 3.8) is 0 Å². The average Bonchev–Trinajstić information content (AvgIpc) is 2.72. The van der Waals surface area contributed by atoms with Gasteiger partial charge in [-0.2, -0.15) is 4.31 Å². The Labute approximate surface area is 180 Å². The van der Waals surface area contributed by atoms with Crippen LogP contribution in [0, 0.1) is 5.92 Å². The van der Waals surface area contributed by atoms with Crippen molar-refractivity contribution in [3.05, 3.63) is 41.5 Å². The van der Waals surface area contributed by atoms with Crippen LogP contribution in [0.2, 0.25) is 0 Å². The summed E-state index contributed by atoms with van der Waals surface area (Å²) in [6, 6.07) is 8.54. The van der Waals surface area contributed by atoms with Crippen LogP contribution in [0.15, 0.2) is 30.3 Å². The Balaban J connectivity index is 1.60. The Morgan fingerprint density at radius 3 is 2.43 bits per heavy atom. The summed E-state index contributed by atoms with van der Waals surface area (Å²) in [6.07, 6.45) is 6.15. The summed E-state index contributed by atoms with van der Waals surface area (Å²) >= 11 is 0. The zero-order chi connectivity index (χ0) is 21.4. The molecular formula is C23H34N2O4S. The third-order valence-corrected chi connectivity index (χ3v) is 9.01. The van der Waals surface area contributed by atoms with Gasteiger partial charge in [0.2, 0.25) is 10.0 Å². The van der Waals surface area contributed by atoms with E-state index >= 15 is 0 Å². The van der Waals surface area contributed by atoms with E-state index < -0.39 is 10.0 Å². The second-order valence-electron chi connectivity index (χ2n) is 8.87. The zero-order valence-electron chi connectivity index (χ0n) is 18.0. The third-order valence-electron chi connectivity index (χ3n) is 7.23. The molecule has 0 bridgehead atoms. The smallest absolute Gasteiger partial charge is 0.213 e. The van der Waals surface area contributed by atoms with Crippen LogP contribution in [0.4, 0.5) is 0 Å². The molecule has 7 heteroatoms. The van der Waals surface area contributed by atoms with E-state index in [2.05, 4.69) is 35.2 Å². The largest absolute Gasteiger partial charge is 0.395 e. The fourth-order valence-electron chi connectivity index (χ4n) is 5.55. The van der Waals surface area contributed by atoms with Crippen LogP contribution < -0.4 is 0 Å². The number of aliphatic hydroxyl groups is 1. The van der Waals surface area contributed by atoms with Gasteiger partial charge < -0.3 is 9.84 Å². The molecule has 0 radical (unpaired) electrons. The first kappa shape index (κ1) is 22.0. The number of benzene rings is 1. The molecular weight excluding hydrogens is 400 g/mol. The Morgan fingerprint density at radius 1 is 1.20 bits per heavy atom. The molecule has 6 nitrogen and oxygen atoms in total. The van der Waals surface area contributed by atoms with Crippen LogP contribution in [0.1, 0.15) is 43.7 Å². The summed E-state index contributed by atoms with van der Waals surface area (Å²) in [4.78, 5) is 2.41. The minimum Gasteiger partial charge on any atom is -0.395 e. The van der Waals surface area contributed by atoms with Gasteiger partial charge in [0.05, 0.1) is 17.9 Å². The fraction of sp³-hybridized carbons (Fsp3) is 0.652. The minimum absolute atomic E-state index is 0.0342. The van der Waals surface area contributed by atoms with Gasteiger partial charge in [-0.25, -0.2) is 8.42 Å².